The SMILES string of the molecule is O=C(CNCc1ccc(O)cc1)Nc1cccc(C(=O)CNCCN2CCC(OC(=O)Nc3ccccc3-c3ccccc3)CC2)c1. The topological polar surface area (TPSA) is 132 Å². The molecule has 5 rings (SSSR count). The van der Waals surface area contributed by atoms with E-state index in [1.807, 2.05) is 54.6 Å². The minimum absolute atomic E-state index is 0.0569. The minimum Gasteiger partial charge on any atom is -0.508 e. The predicted octanol–water partition coefficient (Wildman–Crippen LogP) is 5.27. The number of rotatable bonds is 14. The standard InChI is InChI=1S/C37H41N5O5/c43-31-15-13-27(14-16-31)24-39-26-36(45)40-30-10-6-9-29(23-30)35(44)25-38-19-22-42-20-17-32(18-21-42)47-37(46)41-34-12-5-4-11-33(34)28-7-2-1-3-8-28/h1-16,23,32,38-39,43H,17-22,24-26H2,(H,40,45)(H,41,46). The van der Waals surface area contributed by atoms with Gasteiger partial charge in [0.2, 0.25) is 5.91 Å². The number of nitrogens with one attached hydrogen (secondary N) is 4. The second-order valence-electron chi connectivity index (χ2n) is 11.5. The van der Waals surface area contributed by atoms with Crippen LogP contribution in [0.5, 0.6) is 5.75 Å². The first-order valence-corrected chi connectivity index (χ1v) is 15.9. The number of carbonyl (C=O) groups is 3. The summed E-state index contributed by atoms with van der Waals surface area (Å²) in [5.41, 5.74) is 4.72. The van der Waals surface area contributed by atoms with E-state index in [4.69, 9.17) is 4.74 Å². The van der Waals surface area contributed by atoms with Gasteiger partial charge in [-0.3, -0.25) is 14.9 Å². The van der Waals surface area contributed by atoms with E-state index in [1.54, 1.807) is 48.5 Å². The van der Waals surface area contributed by atoms with Gasteiger partial charge in [-0.15, -0.1) is 0 Å². The van der Waals surface area contributed by atoms with Gasteiger partial charge in [-0.05, 0) is 54.3 Å². The molecule has 0 bridgehead atoms. The van der Waals surface area contributed by atoms with Crippen molar-refractivity contribution in [2.45, 2.75) is 25.5 Å². The second-order valence-corrected chi connectivity index (χ2v) is 11.5. The third-order valence-electron chi connectivity index (χ3n) is 7.97. The molecule has 1 saturated heterocycles. The van der Waals surface area contributed by atoms with Crippen LogP contribution in [0.25, 0.3) is 11.1 Å². The first-order chi connectivity index (χ1) is 22.9. The fourth-order valence-electron chi connectivity index (χ4n) is 5.45. The van der Waals surface area contributed by atoms with Crippen LogP contribution in [0.4, 0.5) is 16.2 Å². The van der Waals surface area contributed by atoms with Crippen molar-refractivity contribution in [3.05, 3.63) is 114 Å². The summed E-state index contributed by atoms with van der Waals surface area (Å²) in [5.74, 6) is -0.0723. The normalized spacial score (nSPS) is 13.5. The molecular weight excluding hydrogens is 594 g/mol. The van der Waals surface area contributed by atoms with E-state index in [-0.39, 0.29) is 36.6 Å². The van der Waals surface area contributed by atoms with Gasteiger partial charge in [0.25, 0.3) is 0 Å². The number of likely N-dealkylation sites (tertiary alicyclic amines) is 1. The summed E-state index contributed by atoms with van der Waals surface area (Å²) in [7, 11) is 0. The lowest BCUT2D eigenvalue weighted by Gasteiger charge is -2.31. The molecule has 0 unspecified atom stereocenters. The number of aromatic hydroxyl groups is 1. The van der Waals surface area contributed by atoms with Crippen LogP contribution >= 0.6 is 0 Å². The number of hydrogen-bond donors (Lipinski definition) is 5. The Morgan fingerprint density at radius 3 is 2.32 bits per heavy atom. The second kappa shape index (κ2) is 17.0. The number of ketones is 1. The van der Waals surface area contributed by atoms with Gasteiger partial charge in [0.05, 0.1) is 18.8 Å². The molecule has 0 atom stereocenters. The van der Waals surface area contributed by atoms with E-state index >= 15 is 0 Å². The van der Waals surface area contributed by atoms with Crippen molar-refractivity contribution < 1.29 is 24.2 Å². The number of ether oxygens (including phenoxy) is 1. The van der Waals surface area contributed by atoms with Crippen LogP contribution in [-0.2, 0) is 16.1 Å². The molecule has 1 fully saturated rings. The number of phenols is 1. The lowest BCUT2D eigenvalue weighted by Crippen LogP contribution is -2.42. The summed E-state index contributed by atoms with van der Waals surface area (Å²) >= 11 is 0. The van der Waals surface area contributed by atoms with E-state index in [9.17, 15) is 19.5 Å². The van der Waals surface area contributed by atoms with E-state index in [2.05, 4.69) is 26.2 Å². The number of amides is 2. The molecule has 10 heteroatoms. The molecule has 1 heterocycles. The van der Waals surface area contributed by atoms with Crippen LogP contribution in [0.2, 0.25) is 0 Å². The minimum atomic E-state index is -0.446. The molecule has 0 spiro atoms. The van der Waals surface area contributed by atoms with Crippen molar-refractivity contribution in [1.82, 2.24) is 15.5 Å². The highest BCUT2D eigenvalue weighted by molar-refractivity contribution is 6.00. The number of carbonyl (C=O) groups excluding carboxylic acids is 3. The first kappa shape index (κ1) is 33.3. The average molecular weight is 636 g/mol. The van der Waals surface area contributed by atoms with E-state index < -0.39 is 6.09 Å². The third kappa shape index (κ3) is 10.5. The summed E-state index contributed by atoms with van der Waals surface area (Å²) in [6.45, 7) is 3.84. The molecule has 1 aliphatic heterocycles. The van der Waals surface area contributed by atoms with Crippen molar-refractivity contribution in [2.75, 3.05) is 49.9 Å². The van der Waals surface area contributed by atoms with Crippen molar-refractivity contribution in [3.8, 4) is 16.9 Å². The van der Waals surface area contributed by atoms with E-state index in [0.717, 1.165) is 49.2 Å². The molecule has 2 amide bonds. The molecule has 0 aromatic heterocycles. The number of anilines is 2. The van der Waals surface area contributed by atoms with Crippen LogP contribution in [0, 0.1) is 0 Å². The lowest BCUT2D eigenvalue weighted by molar-refractivity contribution is -0.115. The van der Waals surface area contributed by atoms with E-state index in [0.29, 0.717) is 30.0 Å². The molecule has 4 aromatic rings. The fourth-order valence-corrected chi connectivity index (χ4v) is 5.45. The maximum Gasteiger partial charge on any atom is 0.411 e. The zero-order valence-corrected chi connectivity index (χ0v) is 26.3. The van der Waals surface area contributed by atoms with Crippen LogP contribution < -0.4 is 21.3 Å². The van der Waals surface area contributed by atoms with E-state index in [1.165, 1.54) is 0 Å². The number of phenolic OH excluding ortho intramolecular Hbond substituents is 1. The van der Waals surface area contributed by atoms with Gasteiger partial charge in [-0.2, -0.15) is 0 Å². The highest BCUT2D eigenvalue weighted by Gasteiger charge is 2.22. The van der Waals surface area contributed by atoms with Gasteiger partial charge in [0.15, 0.2) is 5.78 Å². The summed E-state index contributed by atoms with van der Waals surface area (Å²) in [4.78, 5) is 40.1. The number of Topliss-reactive ketones (excluding diaryl/α,β-unsaturated/α-hetero) is 1. The quantitative estimate of drug-likeness (QED) is 0.0936. The first-order valence-electron chi connectivity index (χ1n) is 15.9. The number of piperidine rings is 1. The summed E-state index contributed by atoms with van der Waals surface area (Å²) < 4.78 is 5.74. The Kier molecular flexibility index (Phi) is 12.1. The van der Waals surface area contributed by atoms with Gasteiger partial charge < -0.3 is 30.7 Å². The highest BCUT2D eigenvalue weighted by Crippen LogP contribution is 2.28. The van der Waals surface area contributed by atoms with Crippen LogP contribution in [-0.4, -0.2) is 73.2 Å². The molecule has 0 aliphatic carbocycles. The fraction of sp³-hybridized carbons (Fsp3) is 0.270. The maximum atomic E-state index is 12.8. The number of benzene rings is 4. The molecule has 47 heavy (non-hydrogen) atoms. The summed E-state index contributed by atoms with van der Waals surface area (Å²) in [5, 5.41) is 21.4. The Labute approximate surface area is 275 Å². The largest absolute Gasteiger partial charge is 0.508 e. The Balaban J connectivity index is 0.964. The third-order valence-corrected chi connectivity index (χ3v) is 7.97. The molecule has 244 valence electrons. The lowest BCUT2D eigenvalue weighted by atomic mass is 10.0. The maximum absolute atomic E-state index is 12.8. The Hall–Kier alpha value is -5.03. The van der Waals surface area contributed by atoms with Crippen molar-refractivity contribution in [1.29, 1.82) is 0 Å². The van der Waals surface area contributed by atoms with Gasteiger partial charge >= 0.3 is 6.09 Å². The van der Waals surface area contributed by atoms with Gasteiger partial charge in [-0.25, -0.2) is 4.79 Å². The molecule has 5 N–H and O–H groups in total. The predicted molar refractivity (Wildman–Crippen MR) is 184 cm³/mol. The average Bonchev–Trinajstić information content (AvgIpc) is 3.09. The van der Waals surface area contributed by atoms with Crippen LogP contribution in [0.3, 0.4) is 0 Å². The van der Waals surface area contributed by atoms with Gasteiger partial charge in [-0.1, -0.05) is 72.8 Å². The summed E-state index contributed by atoms with van der Waals surface area (Å²) in [6.07, 6.45) is 0.903. The number of nitrogens with zero attached hydrogens (tertiary/aromatic N) is 1. The van der Waals surface area contributed by atoms with Crippen molar-refractivity contribution in [3.63, 3.8) is 0 Å². The Bertz CT molecular complexity index is 1620. The monoisotopic (exact) mass is 635 g/mol. The Morgan fingerprint density at radius 1 is 0.787 bits per heavy atom. The molecule has 0 radical (unpaired) electrons. The summed E-state index contributed by atoms with van der Waals surface area (Å²) in [6, 6.07) is 31.3. The Morgan fingerprint density at radius 2 is 1.53 bits per heavy atom. The molecule has 10 nitrogen and oxygen atoms in total. The van der Waals surface area contributed by atoms with Crippen molar-refractivity contribution >= 4 is 29.2 Å². The van der Waals surface area contributed by atoms with Gasteiger partial charge in [0, 0.05) is 49.5 Å². The zero-order chi connectivity index (χ0) is 32.8. The molecule has 1 aliphatic rings. The zero-order valence-electron chi connectivity index (χ0n) is 26.3. The number of para-hydroxylation sites is 1. The highest BCUT2D eigenvalue weighted by atomic mass is 16.6. The van der Waals surface area contributed by atoms with Crippen molar-refractivity contribution in [2.24, 2.45) is 0 Å². The van der Waals surface area contributed by atoms with Gasteiger partial charge in [0.1, 0.15) is 11.9 Å². The van der Waals surface area contributed by atoms with Crippen LogP contribution in [0.15, 0.2) is 103 Å². The van der Waals surface area contributed by atoms with Crippen LogP contribution in [0.1, 0.15) is 28.8 Å². The molecular formula is C37H41N5O5. The molecule has 0 saturated carbocycles. The molecule has 4 aromatic carbocycles. The smallest absolute Gasteiger partial charge is 0.411 e. The number of hydrogen-bond acceptors (Lipinski definition) is 8.